The van der Waals surface area contributed by atoms with Crippen molar-refractivity contribution in [2.45, 2.75) is 33.2 Å². The lowest BCUT2D eigenvalue weighted by Gasteiger charge is -2.21. The molecule has 0 aromatic heterocycles. The van der Waals surface area contributed by atoms with Crippen LogP contribution in [0.5, 0.6) is 0 Å². The van der Waals surface area contributed by atoms with Crippen LogP contribution in [0.4, 0.5) is 11.4 Å². The highest BCUT2D eigenvalue weighted by Crippen LogP contribution is 2.30. The highest BCUT2D eigenvalue weighted by molar-refractivity contribution is 7.93. The molecule has 0 saturated carbocycles. The number of sulfonamides is 1. The Morgan fingerprint density at radius 1 is 1.36 bits per heavy atom. The molecule has 1 aliphatic rings. The first-order valence-corrected chi connectivity index (χ1v) is 9.01. The molecule has 1 heterocycles. The Morgan fingerprint density at radius 3 is 2.59 bits per heavy atom. The van der Waals surface area contributed by atoms with Crippen LogP contribution in [-0.4, -0.2) is 32.7 Å². The molecule has 1 saturated heterocycles. The van der Waals surface area contributed by atoms with Crippen LogP contribution in [0.2, 0.25) is 0 Å². The summed E-state index contributed by atoms with van der Waals surface area (Å²) < 4.78 is 25.5. The van der Waals surface area contributed by atoms with Crippen LogP contribution in [0, 0.1) is 12.8 Å². The smallest absolute Gasteiger partial charge is 0.241 e. The third-order valence-electron chi connectivity index (χ3n) is 3.87. The summed E-state index contributed by atoms with van der Waals surface area (Å²) in [4.78, 5) is 12.0. The number of anilines is 2. The van der Waals surface area contributed by atoms with Crippen molar-refractivity contribution < 1.29 is 13.2 Å². The molecule has 1 aromatic carbocycles. The molecule has 122 valence electrons. The van der Waals surface area contributed by atoms with Gasteiger partial charge in [-0.05, 0) is 37.0 Å². The Labute approximate surface area is 131 Å². The predicted molar refractivity (Wildman–Crippen MR) is 88.4 cm³/mol. The second-order valence-corrected chi connectivity index (χ2v) is 8.01. The maximum atomic E-state index is 12.1. The number of nitrogens with one attached hydrogen (secondary N) is 1. The lowest BCUT2D eigenvalue weighted by Crippen LogP contribution is -2.39. The van der Waals surface area contributed by atoms with E-state index in [1.165, 1.54) is 4.31 Å². The van der Waals surface area contributed by atoms with Gasteiger partial charge in [0.15, 0.2) is 0 Å². The van der Waals surface area contributed by atoms with Gasteiger partial charge in [0.1, 0.15) is 0 Å². The monoisotopic (exact) mass is 325 g/mol. The number of amides is 1. The minimum Gasteiger partial charge on any atom is -0.325 e. The predicted octanol–water partition coefficient (Wildman–Crippen LogP) is 1.46. The average molecular weight is 325 g/mol. The molecule has 0 bridgehead atoms. The van der Waals surface area contributed by atoms with Gasteiger partial charge in [-0.15, -0.1) is 0 Å². The minimum absolute atomic E-state index is 0.0314. The van der Waals surface area contributed by atoms with Crippen molar-refractivity contribution >= 4 is 27.3 Å². The van der Waals surface area contributed by atoms with Crippen molar-refractivity contribution in [3.63, 3.8) is 0 Å². The average Bonchev–Trinajstić information content (AvgIpc) is 2.79. The van der Waals surface area contributed by atoms with E-state index >= 15 is 0 Å². The molecular weight excluding hydrogens is 302 g/mol. The Bertz CT molecular complexity index is 671. The first-order valence-electron chi connectivity index (χ1n) is 7.40. The van der Waals surface area contributed by atoms with Crippen LogP contribution in [-0.2, 0) is 14.8 Å². The van der Waals surface area contributed by atoms with Gasteiger partial charge >= 0.3 is 0 Å². The molecule has 1 aromatic rings. The number of hydrogen-bond donors (Lipinski definition) is 2. The molecule has 7 heteroatoms. The third kappa shape index (κ3) is 3.41. The molecule has 6 nitrogen and oxygen atoms in total. The standard InChI is InChI=1S/C15H23N3O3S/c1-10(2)14(16)15(19)17-12-6-5-11(3)13(9-12)18-7-4-8-22(18,20)21/h5-6,9-10,14H,4,7-8,16H2,1-3H3,(H,17,19)/t14-/m0/s1. The molecule has 0 unspecified atom stereocenters. The zero-order valence-corrected chi connectivity index (χ0v) is 14.0. The SMILES string of the molecule is Cc1ccc(NC(=O)[C@@H](N)C(C)C)cc1N1CCCS1(=O)=O. The van der Waals surface area contributed by atoms with Gasteiger partial charge in [-0.25, -0.2) is 8.42 Å². The van der Waals surface area contributed by atoms with Crippen LogP contribution >= 0.6 is 0 Å². The third-order valence-corrected chi connectivity index (χ3v) is 5.72. The molecule has 1 atom stereocenters. The zero-order chi connectivity index (χ0) is 16.5. The summed E-state index contributed by atoms with van der Waals surface area (Å²) in [5.74, 6) is -0.0701. The summed E-state index contributed by atoms with van der Waals surface area (Å²) in [6, 6.07) is 4.66. The van der Waals surface area contributed by atoms with E-state index in [9.17, 15) is 13.2 Å². The van der Waals surface area contributed by atoms with Crippen molar-refractivity contribution in [3.05, 3.63) is 23.8 Å². The number of hydrogen-bond acceptors (Lipinski definition) is 4. The first kappa shape index (κ1) is 16.8. The van der Waals surface area contributed by atoms with E-state index in [-0.39, 0.29) is 17.6 Å². The van der Waals surface area contributed by atoms with Gasteiger partial charge in [-0.3, -0.25) is 9.10 Å². The lowest BCUT2D eigenvalue weighted by molar-refractivity contribution is -0.118. The maximum absolute atomic E-state index is 12.1. The van der Waals surface area contributed by atoms with Crippen molar-refractivity contribution in [1.29, 1.82) is 0 Å². The van der Waals surface area contributed by atoms with Gasteiger partial charge in [0.25, 0.3) is 0 Å². The van der Waals surface area contributed by atoms with Gasteiger partial charge in [0.05, 0.1) is 17.5 Å². The van der Waals surface area contributed by atoms with E-state index in [0.717, 1.165) is 5.56 Å². The fourth-order valence-corrected chi connectivity index (χ4v) is 4.01. The molecule has 2 rings (SSSR count). The molecule has 1 aliphatic heterocycles. The lowest BCUT2D eigenvalue weighted by atomic mass is 10.0. The Kier molecular flexibility index (Phi) is 4.77. The van der Waals surface area contributed by atoms with Gasteiger partial charge < -0.3 is 11.1 Å². The van der Waals surface area contributed by atoms with E-state index in [4.69, 9.17) is 5.73 Å². The zero-order valence-electron chi connectivity index (χ0n) is 13.2. The molecule has 0 radical (unpaired) electrons. The minimum atomic E-state index is -3.24. The number of aryl methyl sites for hydroxylation is 1. The molecule has 1 fully saturated rings. The summed E-state index contributed by atoms with van der Waals surface area (Å²) in [5.41, 5.74) is 7.86. The molecule has 0 spiro atoms. The maximum Gasteiger partial charge on any atom is 0.241 e. The highest BCUT2D eigenvalue weighted by Gasteiger charge is 2.29. The van der Waals surface area contributed by atoms with E-state index in [2.05, 4.69) is 5.32 Å². The Morgan fingerprint density at radius 2 is 2.05 bits per heavy atom. The molecule has 3 N–H and O–H groups in total. The Hall–Kier alpha value is -1.60. The summed E-state index contributed by atoms with van der Waals surface area (Å²) >= 11 is 0. The topological polar surface area (TPSA) is 92.5 Å². The van der Waals surface area contributed by atoms with Gasteiger partial charge in [0.2, 0.25) is 15.9 Å². The summed E-state index contributed by atoms with van der Waals surface area (Å²) in [6.45, 7) is 6.09. The van der Waals surface area contributed by atoms with Crippen LogP contribution in [0.3, 0.4) is 0 Å². The fraction of sp³-hybridized carbons (Fsp3) is 0.533. The number of benzene rings is 1. The number of rotatable bonds is 4. The van der Waals surface area contributed by atoms with E-state index < -0.39 is 16.1 Å². The molecular formula is C15H23N3O3S. The number of carbonyl (C=O) groups excluding carboxylic acids is 1. The van der Waals surface area contributed by atoms with Crippen LogP contribution in [0.1, 0.15) is 25.8 Å². The van der Waals surface area contributed by atoms with Crippen molar-refractivity contribution in [3.8, 4) is 0 Å². The molecule has 22 heavy (non-hydrogen) atoms. The van der Waals surface area contributed by atoms with Crippen molar-refractivity contribution in [1.82, 2.24) is 0 Å². The van der Waals surface area contributed by atoms with Crippen molar-refractivity contribution in [2.75, 3.05) is 21.9 Å². The molecule has 1 amide bonds. The second kappa shape index (κ2) is 6.26. The normalized spacial score (nSPS) is 18.5. The fourth-order valence-electron chi connectivity index (χ4n) is 2.39. The molecule has 0 aliphatic carbocycles. The quantitative estimate of drug-likeness (QED) is 0.876. The van der Waals surface area contributed by atoms with Gasteiger partial charge in [-0.2, -0.15) is 0 Å². The number of nitrogens with zero attached hydrogens (tertiary/aromatic N) is 1. The van der Waals surface area contributed by atoms with Crippen LogP contribution in [0.25, 0.3) is 0 Å². The highest BCUT2D eigenvalue weighted by atomic mass is 32.2. The summed E-state index contributed by atoms with van der Waals surface area (Å²) in [7, 11) is -3.24. The summed E-state index contributed by atoms with van der Waals surface area (Å²) in [6.07, 6.45) is 0.622. The van der Waals surface area contributed by atoms with E-state index in [0.29, 0.717) is 24.3 Å². The summed E-state index contributed by atoms with van der Waals surface area (Å²) in [5, 5.41) is 2.76. The largest absolute Gasteiger partial charge is 0.325 e. The van der Waals surface area contributed by atoms with Crippen molar-refractivity contribution in [2.24, 2.45) is 11.7 Å². The van der Waals surface area contributed by atoms with Crippen LogP contribution in [0.15, 0.2) is 18.2 Å². The van der Waals surface area contributed by atoms with Gasteiger partial charge in [-0.1, -0.05) is 19.9 Å². The first-order chi connectivity index (χ1) is 10.2. The van der Waals surface area contributed by atoms with E-state index in [1.54, 1.807) is 18.2 Å². The number of carbonyl (C=O) groups is 1. The van der Waals surface area contributed by atoms with E-state index in [1.807, 2.05) is 20.8 Å². The van der Waals surface area contributed by atoms with Crippen LogP contribution < -0.4 is 15.4 Å². The van der Waals surface area contributed by atoms with Gasteiger partial charge in [0, 0.05) is 12.2 Å². The Balaban J connectivity index is 2.26. The second-order valence-electron chi connectivity index (χ2n) is 6.00. The number of nitrogens with two attached hydrogens (primary N) is 1.